The van der Waals surface area contributed by atoms with E-state index < -0.39 is 0 Å². The van der Waals surface area contributed by atoms with Crippen molar-refractivity contribution in [3.63, 3.8) is 0 Å². The summed E-state index contributed by atoms with van der Waals surface area (Å²) in [5.41, 5.74) is 0. The van der Waals surface area contributed by atoms with Gasteiger partial charge in [-0.1, -0.05) is 0 Å². The number of nitrogens with zero attached hydrogens (tertiary/aromatic N) is 1. The maximum absolute atomic E-state index is 11.1. The molecule has 1 saturated heterocycles. The lowest BCUT2D eigenvalue weighted by atomic mass is 9.91. The summed E-state index contributed by atoms with van der Waals surface area (Å²) in [6.07, 6.45) is 4.24. The first kappa shape index (κ1) is 14.5. The number of carbonyl (C=O) groups excluding carboxylic acids is 1. The van der Waals surface area contributed by atoms with E-state index in [0.717, 1.165) is 18.9 Å². The van der Waals surface area contributed by atoms with E-state index >= 15 is 0 Å². The Morgan fingerprint density at radius 2 is 2.24 bits per heavy atom. The highest BCUT2D eigenvalue weighted by Crippen LogP contribution is 2.19. The molecule has 0 spiro atoms. The molecule has 0 aromatic rings. The molecule has 2 atom stereocenters. The van der Waals surface area contributed by atoms with Crippen LogP contribution in [-0.4, -0.2) is 50.6 Å². The number of rotatable bonds is 6. The standard InChI is InChI=1S/C13H27N3O/c1-11(14-2)12-6-4-8-16(10-12)9-5-7-13(17)15-3/h11-12,14H,4-10H2,1-3H3,(H,15,17). The van der Waals surface area contributed by atoms with Crippen molar-refractivity contribution in [3.8, 4) is 0 Å². The van der Waals surface area contributed by atoms with Crippen LogP contribution in [0.3, 0.4) is 0 Å². The molecule has 0 aliphatic carbocycles. The van der Waals surface area contributed by atoms with Crippen LogP contribution in [0.4, 0.5) is 0 Å². The van der Waals surface area contributed by atoms with E-state index in [1.165, 1.54) is 25.9 Å². The molecule has 0 aromatic carbocycles. The Morgan fingerprint density at radius 3 is 2.88 bits per heavy atom. The topological polar surface area (TPSA) is 44.4 Å². The molecule has 0 aromatic heterocycles. The van der Waals surface area contributed by atoms with E-state index in [9.17, 15) is 4.79 Å². The third kappa shape index (κ3) is 5.04. The van der Waals surface area contributed by atoms with Crippen molar-refractivity contribution in [2.45, 2.75) is 38.6 Å². The maximum atomic E-state index is 11.1. The lowest BCUT2D eigenvalue weighted by Gasteiger charge is -2.35. The van der Waals surface area contributed by atoms with Crippen LogP contribution in [0.25, 0.3) is 0 Å². The summed E-state index contributed by atoms with van der Waals surface area (Å²) >= 11 is 0. The second-order valence-corrected chi connectivity index (χ2v) is 5.06. The van der Waals surface area contributed by atoms with Gasteiger partial charge < -0.3 is 15.5 Å². The van der Waals surface area contributed by atoms with Crippen LogP contribution in [-0.2, 0) is 4.79 Å². The normalized spacial score (nSPS) is 23.4. The first-order valence-corrected chi connectivity index (χ1v) is 6.77. The van der Waals surface area contributed by atoms with Crippen molar-refractivity contribution in [2.24, 2.45) is 5.92 Å². The summed E-state index contributed by atoms with van der Waals surface area (Å²) in [7, 11) is 3.74. The maximum Gasteiger partial charge on any atom is 0.219 e. The fraction of sp³-hybridized carbons (Fsp3) is 0.923. The number of carbonyl (C=O) groups is 1. The predicted molar refractivity (Wildman–Crippen MR) is 71.0 cm³/mol. The van der Waals surface area contributed by atoms with Crippen LogP contribution in [0.5, 0.6) is 0 Å². The molecule has 2 unspecified atom stereocenters. The molecule has 2 N–H and O–H groups in total. The van der Waals surface area contributed by atoms with E-state index in [2.05, 4.69) is 22.5 Å². The predicted octanol–water partition coefficient (Wildman–Crippen LogP) is 0.833. The summed E-state index contributed by atoms with van der Waals surface area (Å²) < 4.78 is 0. The zero-order valence-electron chi connectivity index (χ0n) is 11.5. The Balaban J connectivity index is 2.22. The van der Waals surface area contributed by atoms with Gasteiger partial charge in [0.25, 0.3) is 0 Å². The molecule has 0 saturated carbocycles. The van der Waals surface area contributed by atoms with Gasteiger partial charge in [-0.25, -0.2) is 0 Å². The van der Waals surface area contributed by atoms with Crippen molar-refractivity contribution in [3.05, 3.63) is 0 Å². The molecule has 4 heteroatoms. The third-order valence-corrected chi connectivity index (χ3v) is 3.86. The van der Waals surface area contributed by atoms with E-state index in [1.54, 1.807) is 7.05 Å². The minimum absolute atomic E-state index is 0.155. The number of amides is 1. The van der Waals surface area contributed by atoms with Gasteiger partial charge in [-0.05, 0) is 52.2 Å². The van der Waals surface area contributed by atoms with Crippen LogP contribution in [0.15, 0.2) is 0 Å². The second-order valence-electron chi connectivity index (χ2n) is 5.06. The van der Waals surface area contributed by atoms with Gasteiger partial charge in [-0.15, -0.1) is 0 Å². The van der Waals surface area contributed by atoms with Gasteiger partial charge in [0.15, 0.2) is 0 Å². The molecule has 17 heavy (non-hydrogen) atoms. The molecule has 0 bridgehead atoms. The van der Waals surface area contributed by atoms with Crippen molar-refractivity contribution in [2.75, 3.05) is 33.7 Å². The third-order valence-electron chi connectivity index (χ3n) is 3.86. The Bertz CT molecular complexity index is 233. The Morgan fingerprint density at radius 1 is 1.47 bits per heavy atom. The van der Waals surface area contributed by atoms with Crippen molar-refractivity contribution in [1.82, 2.24) is 15.5 Å². The van der Waals surface area contributed by atoms with E-state index in [-0.39, 0.29) is 5.91 Å². The smallest absolute Gasteiger partial charge is 0.219 e. The lowest BCUT2D eigenvalue weighted by molar-refractivity contribution is -0.120. The van der Waals surface area contributed by atoms with Gasteiger partial charge in [-0.3, -0.25) is 4.79 Å². The minimum atomic E-state index is 0.155. The molecule has 1 fully saturated rings. The van der Waals surface area contributed by atoms with Crippen molar-refractivity contribution >= 4 is 5.91 Å². The van der Waals surface area contributed by atoms with Gasteiger partial charge in [0, 0.05) is 26.1 Å². The zero-order chi connectivity index (χ0) is 12.7. The highest BCUT2D eigenvalue weighted by Gasteiger charge is 2.23. The van der Waals surface area contributed by atoms with Crippen LogP contribution >= 0.6 is 0 Å². The zero-order valence-corrected chi connectivity index (χ0v) is 11.5. The van der Waals surface area contributed by atoms with Crippen molar-refractivity contribution < 1.29 is 4.79 Å². The first-order chi connectivity index (χ1) is 8.17. The van der Waals surface area contributed by atoms with Crippen LogP contribution in [0, 0.1) is 5.92 Å². The number of hydrogen-bond acceptors (Lipinski definition) is 3. The van der Waals surface area contributed by atoms with Crippen LogP contribution < -0.4 is 10.6 Å². The Hall–Kier alpha value is -0.610. The molecule has 4 nitrogen and oxygen atoms in total. The fourth-order valence-corrected chi connectivity index (χ4v) is 2.53. The summed E-state index contributed by atoms with van der Waals surface area (Å²) in [5.74, 6) is 0.913. The largest absolute Gasteiger partial charge is 0.359 e. The number of piperidine rings is 1. The van der Waals surface area contributed by atoms with Gasteiger partial charge in [0.05, 0.1) is 0 Å². The van der Waals surface area contributed by atoms with Gasteiger partial charge in [0.2, 0.25) is 5.91 Å². The highest BCUT2D eigenvalue weighted by atomic mass is 16.1. The first-order valence-electron chi connectivity index (χ1n) is 6.77. The molecule has 1 aliphatic heterocycles. The summed E-state index contributed by atoms with van der Waals surface area (Å²) in [6, 6.07) is 0.594. The number of nitrogens with one attached hydrogen (secondary N) is 2. The van der Waals surface area contributed by atoms with Gasteiger partial charge in [-0.2, -0.15) is 0 Å². The Kier molecular flexibility index (Phi) is 6.52. The molecule has 100 valence electrons. The molecule has 1 amide bonds. The quantitative estimate of drug-likeness (QED) is 0.724. The molecule has 1 rings (SSSR count). The SMILES string of the molecule is CNC(=O)CCCN1CCCC(C(C)NC)C1. The van der Waals surface area contributed by atoms with Crippen LogP contribution in [0.1, 0.15) is 32.6 Å². The number of hydrogen-bond donors (Lipinski definition) is 2. The summed E-state index contributed by atoms with van der Waals surface area (Å²) in [5, 5.41) is 6.02. The highest BCUT2D eigenvalue weighted by molar-refractivity contribution is 5.75. The summed E-state index contributed by atoms with van der Waals surface area (Å²) in [4.78, 5) is 13.6. The van der Waals surface area contributed by atoms with Gasteiger partial charge in [0.1, 0.15) is 0 Å². The van der Waals surface area contributed by atoms with Gasteiger partial charge >= 0.3 is 0 Å². The van der Waals surface area contributed by atoms with Crippen molar-refractivity contribution in [1.29, 1.82) is 0 Å². The van der Waals surface area contributed by atoms with E-state index in [0.29, 0.717) is 12.5 Å². The van der Waals surface area contributed by atoms with E-state index in [1.807, 2.05) is 7.05 Å². The molecule has 0 radical (unpaired) electrons. The monoisotopic (exact) mass is 241 g/mol. The number of likely N-dealkylation sites (tertiary alicyclic amines) is 1. The average molecular weight is 241 g/mol. The molecular weight excluding hydrogens is 214 g/mol. The molecule has 1 heterocycles. The minimum Gasteiger partial charge on any atom is -0.359 e. The molecular formula is C13H27N3O. The Labute approximate surface area is 105 Å². The fourth-order valence-electron chi connectivity index (χ4n) is 2.53. The van der Waals surface area contributed by atoms with E-state index in [4.69, 9.17) is 0 Å². The lowest BCUT2D eigenvalue weighted by Crippen LogP contribution is -2.43. The van der Waals surface area contributed by atoms with Crippen LogP contribution in [0.2, 0.25) is 0 Å². The second kappa shape index (κ2) is 7.67. The summed E-state index contributed by atoms with van der Waals surface area (Å²) in [6.45, 7) is 5.69. The average Bonchev–Trinajstić information content (AvgIpc) is 2.38. The molecule has 1 aliphatic rings.